The van der Waals surface area contributed by atoms with Crippen LogP contribution in [0.1, 0.15) is 59.3 Å². The molecule has 0 amide bonds. The van der Waals surface area contributed by atoms with Crippen LogP contribution in [-0.2, 0) is 4.74 Å². The van der Waals surface area contributed by atoms with Crippen LogP contribution in [0.2, 0.25) is 0 Å². The maximum atomic E-state index is 6.05. The summed E-state index contributed by atoms with van der Waals surface area (Å²) < 4.78 is 6.05. The van der Waals surface area contributed by atoms with Crippen molar-refractivity contribution in [2.75, 3.05) is 13.2 Å². The molecule has 2 rings (SSSR count). The van der Waals surface area contributed by atoms with Crippen molar-refractivity contribution in [3.05, 3.63) is 0 Å². The molecule has 0 bridgehead atoms. The van der Waals surface area contributed by atoms with Crippen LogP contribution in [0, 0.1) is 17.8 Å². The monoisotopic (exact) mass is 253 g/mol. The first kappa shape index (κ1) is 14.3. The van der Waals surface area contributed by atoms with Gasteiger partial charge in [0.05, 0.1) is 6.10 Å². The van der Waals surface area contributed by atoms with Gasteiger partial charge in [-0.05, 0) is 50.0 Å². The standard InChI is InChI=1S/C16H31NO/c1-4-9-17-15(16-13(3)8-10-18-16)14-7-5-6-12(2)11-14/h12-17H,4-11H2,1-3H3. The molecule has 1 saturated heterocycles. The van der Waals surface area contributed by atoms with Crippen LogP contribution < -0.4 is 5.32 Å². The first-order valence-electron chi connectivity index (χ1n) is 8.07. The normalized spacial score (nSPS) is 38.8. The molecule has 2 nitrogen and oxygen atoms in total. The van der Waals surface area contributed by atoms with E-state index in [0.717, 1.165) is 30.9 Å². The smallest absolute Gasteiger partial charge is 0.0756 e. The van der Waals surface area contributed by atoms with Gasteiger partial charge >= 0.3 is 0 Å². The SMILES string of the molecule is CCCNC(C1CCCC(C)C1)C1OCCC1C. The summed E-state index contributed by atoms with van der Waals surface area (Å²) in [7, 11) is 0. The van der Waals surface area contributed by atoms with Crippen molar-refractivity contribution in [3.63, 3.8) is 0 Å². The van der Waals surface area contributed by atoms with Gasteiger partial charge in [0.1, 0.15) is 0 Å². The largest absolute Gasteiger partial charge is 0.376 e. The fraction of sp³-hybridized carbons (Fsp3) is 1.00. The Morgan fingerprint density at radius 3 is 2.67 bits per heavy atom. The highest BCUT2D eigenvalue weighted by molar-refractivity contribution is 4.91. The predicted octanol–water partition coefficient (Wildman–Crippen LogP) is 3.61. The second kappa shape index (κ2) is 6.91. The van der Waals surface area contributed by atoms with Crippen LogP contribution in [0.3, 0.4) is 0 Å². The van der Waals surface area contributed by atoms with Gasteiger partial charge in [0.15, 0.2) is 0 Å². The van der Waals surface area contributed by atoms with Gasteiger partial charge in [-0.15, -0.1) is 0 Å². The van der Waals surface area contributed by atoms with Gasteiger partial charge in [-0.1, -0.05) is 33.6 Å². The molecule has 5 unspecified atom stereocenters. The van der Waals surface area contributed by atoms with Crippen LogP contribution in [-0.4, -0.2) is 25.3 Å². The van der Waals surface area contributed by atoms with E-state index in [1.165, 1.54) is 38.5 Å². The van der Waals surface area contributed by atoms with Gasteiger partial charge < -0.3 is 10.1 Å². The fourth-order valence-corrected chi connectivity index (χ4v) is 3.85. The summed E-state index contributed by atoms with van der Waals surface area (Å²) in [6.45, 7) is 9.15. The lowest BCUT2D eigenvalue weighted by atomic mass is 9.75. The zero-order valence-corrected chi connectivity index (χ0v) is 12.5. The molecule has 2 heteroatoms. The van der Waals surface area contributed by atoms with E-state index >= 15 is 0 Å². The van der Waals surface area contributed by atoms with E-state index in [4.69, 9.17) is 4.74 Å². The minimum Gasteiger partial charge on any atom is -0.376 e. The highest BCUT2D eigenvalue weighted by atomic mass is 16.5. The molecule has 0 radical (unpaired) electrons. The van der Waals surface area contributed by atoms with Crippen LogP contribution in [0.5, 0.6) is 0 Å². The quantitative estimate of drug-likeness (QED) is 0.808. The maximum absolute atomic E-state index is 6.05. The minimum atomic E-state index is 0.465. The molecule has 106 valence electrons. The Morgan fingerprint density at radius 2 is 2.06 bits per heavy atom. The van der Waals surface area contributed by atoms with E-state index in [9.17, 15) is 0 Å². The summed E-state index contributed by atoms with van der Waals surface area (Å²) in [6, 6.07) is 0.602. The van der Waals surface area contributed by atoms with Crippen molar-refractivity contribution >= 4 is 0 Å². The van der Waals surface area contributed by atoms with Gasteiger partial charge in [0, 0.05) is 12.6 Å². The van der Waals surface area contributed by atoms with Gasteiger partial charge in [-0.3, -0.25) is 0 Å². The van der Waals surface area contributed by atoms with Gasteiger partial charge in [0.25, 0.3) is 0 Å². The Balaban J connectivity index is 1.98. The summed E-state index contributed by atoms with van der Waals surface area (Å²) in [4.78, 5) is 0. The molecule has 2 aliphatic rings. The average Bonchev–Trinajstić information content (AvgIpc) is 2.77. The minimum absolute atomic E-state index is 0.465. The summed E-state index contributed by atoms with van der Waals surface area (Å²) in [6.07, 6.45) is 8.57. The molecule has 0 aromatic rings. The molecule has 0 spiro atoms. The van der Waals surface area contributed by atoms with Crippen molar-refractivity contribution in [1.82, 2.24) is 5.32 Å². The van der Waals surface area contributed by atoms with Crippen LogP contribution in [0.4, 0.5) is 0 Å². The lowest BCUT2D eigenvalue weighted by Gasteiger charge is -2.38. The van der Waals surface area contributed by atoms with E-state index in [-0.39, 0.29) is 0 Å². The first-order chi connectivity index (χ1) is 8.72. The molecule has 18 heavy (non-hydrogen) atoms. The number of nitrogens with one attached hydrogen (secondary N) is 1. The summed E-state index contributed by atoms with van der Waals surface area (Å²) in [5.74, 6) is 2.48. The zero-order valence-electron chi connectivity index (χ0n) is 12.5. The molecule has 1 aliphatic heterocycles. The second-order valence-electron chi connectivity index (χ2n) is 6.61. The highest BCUT2D eigenvalue weighted by Gasteiger charge is 2.37. The van der Waals surface area contributed by atoms with Crippen molar-refractivity contribution < 1.29 is 4.74 Å². The summed E-state index contributed by atoms with van der Waals surface area (Å²) in [5.41, 5.74) is 0. The molecule has 1 saturated carbocycles. The van der Waals surface area contributed by atoms with Crippen molar-refractivity contribution in [3.8, 4) is 0 Å². The molecule has 2 fully saturated rings. The lowest BCUT2D eigenvalue weighted by Crippen LogP contribution is -2.48. The first-order valence-corrected chi connectivity index (χ1v) is 8.07. The van der Waals surface area contributed by atoms with E-state index in [1.54, 1.807) is 0 Å². The van der Waals surface area contributed by atoms with E-state index in [0.29, 0.717) is 12.1 Å². The van der Waals surface area contributed by atoms with E-state index in [2.05, 4.69) is 26.1 Å². The third-order valence-electron chi connectivity index (χ3n) is 4.91. The molecule has 1 aliphatic carbocycles. The number of rotatable bonds is 5. The highest BCUT2D eigenvalue weighted by Crippen LogP contribution is 2.35. The van der Waals surface area contributed by atoms with E-state index < -0.39 is 0 Å². The fourth-order valence-electron chi connectivity index (χ4n) is 3.85. The lowest BCUT2D eigenvalue weighted by molar-refractivity contribution is 0.0289. The van der Waals surface area contributed by atoms with E-state index in [1.807, 2.05) is 0 Å². The van der Waals surface area contributed by atoms with Gasteiger partial charge in [-0.25, -0.2) is 0 Å². The molecule has 5 atom stereocenters. The number of hydrogen-bond donors (Lipinski definition) is 1. The maximum Gasteiger partial charge on any atom is 0.0756 e. The third-order valence-corrected chi connectivity index (χ3v) is 4.91. The van der Waals surface area contributed by atoms with Gasteiger partial charge in [0.2, 0.25) is 0 Å². The Bertz CT molecular complexity index is 243. The average molecular weight is 253 g/mol. The molecular formula is C16H31NO. The Morgan fingerprint density at radius 1 is 1.22 bits per heavy atom. The topological polar surface area (TPSA) is 21.3 Å². The molecule has 1 N–H and O–H groups in total. The van der Waals surface area contributed by atoms with Crippen molar-refractivity contribution in [1.29, 1.82) is 0 Å². The van der Waals surface area contributed by atoms with Crippen LogP contribution in [0.25, 0.3) is 0 Å². The predicted molar refractivity (Wildman–Crippen MR) is 76.7 cm³/mol. The summed E-state index contributed by atoms with van der Waals surface area (Å²) in [5, 5.41) is 3.81. The van der Waals surface area contributed by atoms with Crippen molar-refractivity contribution in [2.24, 2.45) is 17.8 Å². The number of hydrogen-bond acceptors (Lipinski definition) is 2. The third kappa shape index (κ3) is 3.48. The molecule has 0 aromatic heterocycles. The zero-order chi connectivity index (χ0) is 13.0. The summed E-state index contributed by atoms with van der Waals surface area (Å²) >= 11 is 0. The van der Waals surface area contributed by atoms with Gasteiger partial charge in [-0.2, -0.15) is 0 Å². The Kier molecular flexibility index (Phi) is 5.50. The molecule has 0 aromatic carbocycles. The number of ether oxygens (including phenoxy) is 1. The van der Waals surface area contributed by atoms with Crippen molar-refractivity contribution in [2.45, 2.75) is 71.4 Å². The van der Waals surface area contributed by atoms with Crippen LogP contribution in [0.15, 0.2) is 0 Å². The second-order valence-corrected chi connectivity index (χ2v) is 6.61. The Labute approximate surface area is 113 Å². The molecule has 1 heterocycles. The van der Waals surface area contributed by atoms with Crippen LogP contribution >= 0.6 is 0 Å². The Hall–Kier alpha value is -0.0800. The molecular weight excluding hydrogens is 222 g/mol.